The molecule has 0 aliphatic carbocycles. The van der Waals surface area contributed by atoms with Gasteiger partial charge >= 0.3 is 0 Å². The van der Waals surface area contributed by atoms with E-state index in [4.69, 9.17) is 0 Å². The van der Waals surface area contributed by atoms with Crippen LogP contribution >= 0.6 is 0 Å². The van der Waals surface area contributed by atoms with E-state index in [1.54, 1.807) is 6.92 Å². The van der Waals surface area contributed by atoms with Gasteiger partial charge in [-0.05, 0) is 57.7 Å². The van der Waals surface area contributed by atoms with Crippen molar-refractivity contribution in [2.24, 2.45) is 0 Å². The van der Waals surface area contributed by atoms with Crippen molar-refractivity contribution in [3.63, 3.8) is 0 Å². The molecule has 0 spiro atoms. The van der Waals surface area contributed by atoms with Crippen LogP contribution in [0.5, 0.6) is 0 Å². The largest absolute Gasteiger partial charge is 0.354 e. The first-order chi connectivity index (χ1) is 11.2. The SMILES string of the molecule is CCC(C(=O)NCCCN(C)C)N(c1ccc(F)cc1)S(C)(=O)=O. The fraction of sp³-hybridized carbons (Fsp3) is 0.562. The van der Waals surface area contributed by atoms with Gasteiger partial charge in [0.15, 0.2) is 0 Å². The standard InChI is InChI=1S/C16H26FN3O3S/c1-5-15(16(21)18-11-6-12-19(2)3)20(24(4,22)23)14-9-7-13(17)8-10-14/h7-10,15H,5-6,11-12H2,1-4H3,(H,18,21). The third kappa shape index (κ3) is 6.09. The van der Waals surface area contributed by atoms with Gasteiger partial charge in [-0.1, -0.05) is 6.92 Å². The van der Waals surface area contributed by atoms with Gasteiger partial charge in [0.05, 0.1) is 11.9 Å². The lowest BCUT2D eigenvalue weighted by molar-refractivity contribution is -0.122. The maximum atomic E-state index is 13.1. The van der Waals surface area contributed by atoms with Crippen molar-refractivity contribution in [2.75, 3.05) is 37.7 Å². The molecule has 0 saturated heterocycles. The highest BCUT2D eigenvalue weighted by atomic mass is 32.2. The van der Waals surface area contributed by atoms with E-state index in [-0.39, 0.29) is 11.6 Å². The van der Waals surface area contributed by atoms with Gasteiger partial charge < -0.3 is 10.2 Å². The fourth-order valence-electron chi connectivity index (χ4n) is 2.37. The van der Waals surface area contributed by atoms with Crippen LogP contribution in [0.25, 0.3) is 0 Å². The number of nitrogens with one attached hydrogen (secondary N) is 1. The summed E-state index contributed by atoms with van der Waals surface area (Å²) in [5, 5.41) is 2.78. The summed E-state index contributed by atoms with van der Waals surface area (Å²) in [4.78, 5) is 14.4. The second-order valence-electron chi connectivity index (χ2n) is 5.91. The molecule has 8 heteroatoms. The Hall–Kier alpha value is -1.67. The Labute approximate surface area is 143 Å². The quantitative estimate of drug-likeness (QED) is 0.678. The summed E-state index contributed by atoms with van der Waals surface area (Å²) in [5.74, 6) is -0.820. The number of sulfonamides is 1. The monoisotopic (exact) mass is 359 g/mol. The third-order valence-electron chi connectivity index (χ3n) is 3.49. The van der Waals surface area contributed by atoms with E-state index in [2.05, 4.69) is 5.32 Å². The van der Waals surface area contributed by atoms with Crippen molar-refractivity contribution < 1.29 is 17.6 Å². The number of benzene rings is 1. The molecule has 1 aromatic carbocycles. The minimum absolute atomic E-state index is 0.272. The molecule has 0 aliphatic rings. The molecule has 0 saturated carbocycles. The summed E-state index contributed by atoms with van der Waals surface area (Å²) in [6.07, 6.45) is 2.12. The lowest BCUT2D eigenvalue weighted by Crippen LogP contribution is -2.49. The van der Waals surface area contributed by atoms with Crippen molar-refractivity contribution in [3.8, 4) is 0 Å². The predicted octanol–water partition coefficient (Wildman–Crippen LogP) is 1.44. The van der Waals surface area contributed by atoms with Crippen molar-refractivity contribution in [2.45, 2.75) is 25.8 Å². The predicted molar refractivity (Wildman–Crippen MR) is 94.0 cm³/mol. The number of hydrogen-bond acceptors (Lipinski definition) is 4. The number of nitrogens with zero attached hydrogens (tertiary/aromatic N) is 2. The summed E-state index contributed by atoms with van der Waals surface area (Å²) in [6, 6.07) is 4.20. The molecule has 1 unspecified atom stereocenters. The molecule has 1 atom stereocenters. The zero-order chi connectivity index (χ0) is 18.3. The van der Waals surface area contributed by atoms with Gasteiger partial charge in [-0.2, -0.15) is 0 Å². The Morgan fingerprint density at radius 1 is 1.25 bits per heavy atom. The second kappa shape index (κ2) is 8.98. The van der Waals surface area contributed by atoms with Crippen LogP contribution < -0.4 is 9.62 Å². The van der Waals surface area contributed by atoms with Gasteiger partial charge in [-0.25, -0.2) is 12.8 Å². The summed E-state index contributed by atoms with van der Waals surface area (Å²) in [5.41, 5.74) is 0.272. The van der Waals surface area contributed by atoms with Gasteiger partial charge in [-0.3, -0.25) is 9.10 Å². The van der Waals surface area contributed by atoms with Gasteiger partial charge in [0.1, 0.15) is 11.9 Å². The first-order valence-electron chi connectivity index (χ1n) is 7.84. The second-order valence-corrected chi connectivity index (χ2v) is 7.77. The van der Waals surface area contributed by atoms with E-state index in [9.17, 15) is 17.6 Å². The molecule has 1 amide bonds. The minimum atomic E-state index is -3.69. The first-order valence-corrected chi connectivity index (χ1v) is 9.69. The molecule has 6 nitrogen and oxygen atoms in total. The Morgan fingerprint density at radius 2 is 1.83 bits per heavy atom. The van der Waals surface area contributed by atoms with Crippen molar-refractivity contribution >= 4 is 21.6 Å². The number of rotatable bonds is 9. The molecule has 0 aromatic heterocycles. The van der Waals surface area contributed by atoms with E-state index in [0.717, 1.165) is 23.5 Å². The number of amides is 1. The molecule has 0 aliphatic heterocycles. The summed E-state index contributed by atoms with van der Waals surface area (Å²) in [6.45, 7) is 3.03. The van der Waals surface area contributed by atoms with Crippen LogP contribution in [0.1, 0.15) is 19.8 Å². The zero-order valence-electron chi connectivity index (χ0n) is 14.6. The first kappa shape index (κ1) is 20.4. The Balaban J connectivity index is 2.93. The molecule has 0 heterocycles. The van der Waals surface area contributed by atoms with E-state index in [1.807, 2.05) is 19.0 Å². The number of halogens is 1. The molecular formula is C16H26FN3O3S. The molecule has 1 aromatic rings. The molecule has 0 radical (unpaired) electrons. The zero-order valence-corrected chi connectivity index (χ0v) is 15.4. The average Bonchev–Trinajstić information content (AvgIpc) is 2.48. The van der Waals surface area contributed by atoms with Crippen LogP contribution in [0.4, 0.5) is 10.1 Å². The molecule has 1 N–H and O–H groups in total. The maximum absolute atomic E-state index is 13.1. The van der Waals surface area contributed by atoms with Crippen molar-refractivity contribution in [3.05, 3.63) is 30.1 Å². The highest BCUT2D eigenvalue weighted by molar-refractivity contribution is 7.92. The van der Waals surface area contributed by atoms with Gasteiger partial charge in [0.25, 0.3) is 0 Å². The molecular weight excluding hydrogens is 333 g/mol. The van der Waals surface area contributed by atoms with Crippen LogP contribution in [0.3, 0.4) is 0 Å². The smallest absolute Gasteiger partial charge is 0.243 e. The molecule has 136 valence electrons. The van der Waals surface area contributed by atoms with Crippen LogP contribution in [0.15, 0.2) is 24.3 Å². The van der Waals surface area contributed by atoms with Crippen LogP contribution in [-0.4, -0.2) is 58.7 Å². The van der Waals surface area contributed by atoms with E-state index >= 15 is 0 Å². The number of carbonyl (C=O) groups is 1. The molecule has 24 heavy (non-hydrogen) atoms. The Morgan fingerprint density at radius 3 is 2.29 bits per heavy atom. The van der Waals surface area contributed by atoms with Gasteiger partial charge in [0.2, 0.25) is 15.9 Å². The third-order valence-corrected chi connectivity index (χ3v) is 4.67. The Kier molecular flexibility index (Phi) is 7.62. The Bertz CT molecular complexity index is 632. The molecule has 0 fully saturated rings. The normalized spacial score (nSPS) is 12.9. The van der Waals surface area contributed by atoms with Crippen LogP contribution in [0.2, 0.25) is 0 Å². The highest BCUT2D eigenvalue weighted by Crippen LogP contribution is 2.22. The van der Waals surface area contributed by atoms with Crippen LogP contribution in [0, 0.1) is 5.82 Å². The molecule has 0 bridgehead atoms. The topological polar surface area (TPSA) is 69.7 Å². The van der Waals surface area contributed by atoms with Gasteiger partial charge in [-0.15, -0.1) is 0 Å². The fourth-order valence-corrected chi connectivity index (χ4v) is 3.58. The lowest BCUT2D eigenvalue weighted by atomic mass is 10.2. The highest BCUT2D eigenvalue weighted by Gasteiger charge is 2.31. The number of carbonyl (C=O) groups excluding carboxylic acids is 1. The van der Waals surface area contributed by atoms with Crippen molar-refractivity contribution in [1.29, 1.82) is 0 Å². The lowest BCUT2D eigenvalue weighted by Gasteiger charge is -2.30. The summed E-state index contributed by atoms with van der Waals surface area (Å²) < 4.78 is 38.5. The number of hydrogen-bond donors (Lipinski definition) is 1. The van der Waals surface area contributed by atoms with E-state index in [1.165, 1.54) is 24.3 Å². The summed E-state index contributed by atoms with van der Waals surface area (Å²) >= 11 is 0. The summed E-state index contributed by atoms with van der Waals surface area (Å²) in [7, 11) is 0.193. The molecule has 1 rings (SSSR count). The van der Waals surface area contributed by atoms with Crippen LogP contribution in [-0.2, 0) is 14.8 Å². The van der Waals surface area contributed by atoms with Crippen molar-refractivity contribution in [1.82, 2.24) is 10.2 Å². The van der Waals surface area contributed by atoms with E-state index < -0.39 is 21.9 Å². The number of anilines is 1. The average molecular weight is 359 g/mol. The van der Waals surface area contributed by atoms with E-state index in [0.29, 0.717) is 13.0 Å². The maximum Gasteiger partial charge on any atom is 0.243 e. The minimum Gasteiger partial charge on any atom is -0.354 e. The van der Waals surface area contributed by atoms with Gasteiger partial charge in [0, 0.05) is 6.54 Å².